The molecule has 0 unspecified atom stereocenters. The highest BCUT2D eigenvalue weighted by Gasteiger charge is 2.16. The van der Waals surface area contributed by atoms with Gasteiger partial charge in [0.2, 0.25) is 5.62 Å². The van der Waals surface area contributed by atoms with Crippen molar-refractivity contribution in [2.75, 3.05) is 0 Å². The number of fused-ring (bicyclic) bond motifs is 1. The van der Waals surface area contributed by atoms with Crippen LogP contribution < -0.4 is 5.62 Å². The quantitative estimate of drug-likeness (QED) is 0.507. The van der Waals surface area contributed by atoms with Gasteiger partial charge in [0, 0.05) is 28.8 Å². The first-order valence-electron chi connectivity index (χ1n) is 9.08. The maximum Gasteiger partial charge on any atom is 0.203 e. The topological polar surface area (TPSA) is 67.8 Å². The highest BCUT2D eigenvalue weighted by atomic mass is 35.5. The summed E-state index contributed by atoms with van der Waals surface area (Å²) in [6.45, 7) is 0.000780. The van der Waals surface area contributed by atoms with E-state index in [1.165, 1.54) is 0 Å². The van der Waals surface area contributed by atoms with Crippen molar-refractivity contribution in [1.29, 1.82) is 5.41 Å². The van der Waals surface area contributed by atoms with E-state index < -0.39 is 0 Å². The maximum atomic E-state index is 12.8. The van der Waals surface area contributed by atoms with Gasteiger partial charge in [-0.2, -0.15) is 0 Å². The van der Waals surface area contributed by atoms with Crippen LogP contribution in [0.4, 0.5) is 0 Å². The SMILES string of the molecule is Cn1c(=N)n(CC(=O)c2ccc(Cl)cc2)c2cc(C(=O)c3ccccc3)ccc21. The molecule has 0 saturated heterocycles. The zero-order valence-electron chi connectivity index (χ0n) is 15.7. The van der Waals surface area contributed by atoms with Crippen LogP contribution >= 0.6 is 11.6 Å². The lowest BCUT2D eigenvalue weighted by atomic mass is 10.0. The van der Waals surface area contributed by atoms with Crippen molar-refractivity contribution in [2.45, 2.75) is 6.54 Å². The van der Waals surface area contributed by atoms with Crippen LogP contribution in [0.3, 0.4) is 0 Å². The van der Waals surface area contributed by atoms with Crippen LogP contribution in [0.2, 0.25) is 5.02 Å². The number of rotatable bonds is 5. The van der Waals surface area contributed by atoms with Gasteiger partial charge in [0.15, 0.2) is 11.6 Å². The normalized spacial score (nSPS) is 11.0. The second-order valence-corrected chi connectivity index (χ2v) is 7.23. The number of imidazole rings is 1. The molecule has 29 heavy (non-hydrogen) atoms. The number of ketones is 2. The first-order valence-corrected chi connectivity index (χ1v) is 9.46. The minimum atomic E-state index is -0.132. The van der Waals surface area contributed by atoms with Gasteiger partial charge in [-0.15, -0.1) is 0 Å². The monoisotopic (exact) mass is 403 g/mol. The number of Topliss-reactive ketones (excluding diaryl/α,β-unsaturated/α-hetero) is 1. The van der Waals surface area contributed by atoms with E-state index >= 15 is 0 Å². The van der Waals surface area contributed by atoms with Crippen molar-refractivity contribution in [3.05, 3.63) is 100 Å². The summed E-state index contributed by atoms with van der Waals surface area (Å²) in [5, 5.41) is 8.98. The average Bonchev–Trinajstić information content (AvgIpc) is 2.98. The Morgan fingerprint density at radius 3 is 2.21 bits per heavy atom. The van der Waals surface area contributed by atoms with E-state index in [-0.39, 0.29) is 23.7 Å². The van der Waals surface area contributed by atoms with Crippen LogP contribution in [0.1, 0.15) is 26.3 Å². The molecule has 4 aromatic rings. The van der Waals surface area contributed by atoms with Gasteiger partial charge in [0.05, 0.1) is 17.6 Å². The molecule has 0 aliphatic rings. The molecule has 0 saturated carbocycles. The average molecular weight is 404 g/mol. The minimum absolute atomic E-state index is 0.000780. The van der Waals surface area contributed by atoms with E-state index in [9.17, 15) is 9.59 Å². The van der Waals surface area contributed by atoms with Crippen LogP contribution in [0.25, 0.3) is 11.0 Å². The van der Waals surface area contributed by atoms with Crippen molar-refractivity contribution < 1.29 is 9.59 Å². The van der Waals surface area contributed by atoms with Gasteiger partial charge in [-0.3, -0.25) is 15.0 Å². The number of aryl methyl sites for hydroxylation is 1. The molecule has 5 nitrogen and oxygen atoms in total. The lowest BCUT2D eigenvalue weighted by Crippen LogP contribution is -2.25. The van der Waals surface area contributed by atoms with Crippen LogP contribution in [-0.4, -0.2) is 20.7 Å². The summed E-state index contributed by atoms with van der Waals surface area (Å²) < 4.78 is 3.31. The molecule has 0 spiro atoms. The van der Waals surface area contributed by atoms with Gasteiger partial charge in [0.25, 0.3) is 0 Å². The van der Waals surface area contributed by atoms with Gasteiger partial charge < -0.3 is 9.13 Å². The molecule has 6 heteroatoms. The third-order valence-corrected chi connectivity index (χ3v) is 5.22. The van der Waals surface area contributed by atoms with Crippen molar-refractivity contribution in [2.24, 2.45) is 7.05 Å². The molecule has 1 aromatic heterocycles. The molecule has 1 heterocycles. The summed E-state index contributed by atoms with van der Waals surface area (Å²) in [5.41, 5.74) is 3.27. The fraction of sp³-hybridized carbons (Fsp3) is 0.0870. The summed E-state index contributed by atoms with van der Waals surface area (Å²) in [7, 11) is 1.77. The van der Waals surface area contributed by atoms with Crippen LogP contribution in [0.15, 0.2) is 72.8 Å². The Balaban J connectivity index is 1.76. The predicted octanol–water partition coefficient (Wildman–Crippen LogP) is 4.23. The van der Waals surface area contributed by atoms with E-state index in [4.69, 9.17) is 17.0 Å². The molecule has 0 aliphatic heterocycles. The molecule has 4 rings (SSSR count). The van der Waals surface area contributed by atoms with Crippen molar-refractivity contribution >= 4 is 34.2 Å². The van der Waals surface area contributed by atoms with Crippen LogP contribution in [0, 0.1) is 5.41 Å². The van der Waals surface area contributed by atoms with E-state index in [1.54, 1.807) is 64.7 Å². The first-order chi connectivity index (χ1) is 14.0. The third-order valence-electron chi connectivity index (χ3n) is 4.97. The predicted molar refractivity (Wildman–Crippen MR) is 112 cm³/mol. The Morgan fingerprint density at radius 1 is 0.862 bits per heavy atom. The Labute approximate surface area is 172 Å². The molecular weight excluding hydrogens is 386 g/mol. The molecule has 0 bridgehead atoms. The van der Waals surface area contributed by atoms with Gasteiger partial charge >= 0.3 is 0 Å². The van der Waals surface area contributed by atoms with Gasteiger partial charge in [0.1, 0.15) is 0 Å². The van der Waals surface area contributed by atoms with Crippen molar-refractivity contribution in [3.8, 4) is 0 Å². The maximum absolute atomic E-state index is 12.8. The molecule has 1 N–H and O–H groups in total. The number of carbonyl (C=O) groups excluding carboxylic acids is 2. The Morgan fingerprint density at radius 2 is 1.52 bits per heavy atom. The fourth-order valence-electron chi connectivity index (χ4n) is 3.36. The summed E-state index contributed by atoms with van der Waals surface area (Å²) in [6.07, 6.45) is 0. The largest absolute Gasteiger partial charge is 0.313 e. The number of nitrogens with one attached hydrogen (secondary N) is 1. The lowest BCUT2D eigenvalue weighted by molar-refractivity contribution is 0.0971. The van der Waals surface area contributed by atoms with E-state index in [0.717, 1.165) is 5.52 Å². The van der Waals surface area contributed by atoms with E-state index in [0.29, 0.717) is 27.2 Å². The number of aromatic nitrogens is 2. The minimum Gasteiger partial charge on any atom is -0.313 e. The van der Waals surface area contributed by atoms with Crippen molar-refractivity contribution in [1.82, 2.24) is 9.13 Å². The molecule has 144 valence electrons. The summed E-state index contributed by atoms with van der Waals surface area (Å²) >= 11 is 5.90. The number of benzene rings is 3. The third kappa shape index (κ3) is 3.52. The molecule has 3 aromatic carbocycles. The summed E-state index contributed by atoms with van der Waals surface area (Å²) in [4.78, 5) is 25.6. The zero-order valence-corrected chi connectivity index (χ0v) is 16.5. The number of hydrogen-bond donors (Lipinski definition) is 1. The standard InChI is InChI=1S/C23H18ClN3O2/c1-26-19-12-9-17(22(29)16-5-3-2-4-6-16)13-20(19)27(23(26)25)14-21(28)15-7-10-18(24)11-8-15/h2-13,25H,14H2,1H3. The van der Waals surface area contributed by atoms with Gasteiger partial charge in [-0.05, 0) is 42.5 Å². The van der Waals surface area contributed by atoms with Gasteiger partial charge in [-0.1, -0.05) is 41.9 Å². The number of hydrogen-bond acceptors (Lipinski definition) is 3. The van der Waals surface area contributed by atoms with E-state index in [1.807, 2.05) is 24.3 Å². The van der Waals surface area contributed by atoms with E-state index in [2.05, 4.69) is 0 Å². The summed E-state index contributed by atoms with van der Waals surface area (Å²) in [5.74, 6) is -0.231. The van der Waals surface area contributed by atoms with Crippen LogP contribution in [0.5, 0.6) is 0 Å². The van der Waals surface area contributed by atoms with Gasteiger partial charge in [-0.25, -0.2) is 0 Å². The number of nitrogens with zero attached hydrogens (tertiary/aromatic N) is 2. The van der Waals surface area contributed by atoms with Crippen molar-refractivity contribution in [3.63, 3.8) is 0 Å². The Kier molecular flexibility index (Phi) is 4.91. The molecule has 0 amide bonds. The molecule has 0 fully saturated rings. The number of halogens is 1. The van der Waals surface area contributed by atoms with Crippen LogP contribution in [-0.2, 0) is 13.6 Å². The highest BCUT2D eigenvalue weighted by Crippen LogP contribution is 2.19. The Bertz CT molecular complexity index is 1290. The summed E-state index contributed by atoms with van der Waals surface area (Å²) in [6, 6.07) is 21.0. The first kappa shape index (κ1) is 18.9. The smallest absolute Gasteiger partial charge is 0.203 e. The highest BCUT2D eigenvalue weighted by molar-refractivity contribution is 6.30. The molecule has 0 aliphatic carbocycles. The second-order valence-electron chi connectivity index (χ2n) is 6.80. The number of carbonyl (C=O) groups is 2. The molecule has 0 radical (unpaired) electrons. The zero-order chi connectivity index (χ0) is 20.5. The second kappa shape index (κ2) is 7.53. The fourth-order valence-corrected chi connectivity index (χ4v) is 3.49. The Hall–Kier alpha value is -3.44. The molecule has 0 atom stereocenters. The lowest BCUT2D eigenvalue weighted by Gasteiger charge is -2.06. The molecular formula is C23H18ClN3O2.